The van der Waals surface area contributed by atoms with E-state index in [1.807, 2.05) is 6.08 Å². The molecule has 1 fully saturated rings. The molecule has 1 saturated carbocycles. The minimum absolute atomic E-state index is 0.0219. The van der Waals surface area contributed by atoms with Gasteiger partial charge < -0.3 is 10.2 Å². The summed E-state index contributed by atoms with van der Waals surface area (Å²) >= 11 is 0. The van der Waals surface area contributed by atoms with Crippen molar-refractivity contribution in [2.24, 2.45) is 23.7 Å². The summed E-state index contributed by atoms with van der Waals surface area (Å²) in [7, 11) is 0. The third-order valence-corrected chi connectivity index (χ3v) is 3.61. The van der Waals surface area contributed by atoms with Gasteiger partial charge in [0.15, 0.2) is 0 Å². The number of rotatable bonds is 2. The summed E-state index contributed by atoms with van der Waals surface area (Å²) in [6.07, 6.45) is 6.31. The fourth-order valence-corrected chi connectivity index (χ4v) is 2.92. The normalized spacial score (nSPS) is 38.7. The zero-order valence-electron chi connectivity index (χ0n) is 8.30. The van der Waals surface area contributed by atoms with Crippen molar-refractivity contribution in [2.45, 2.75) is 19.3 Å². The van der Waals surface area contributed by atoms with E-state index in [0.29, 0.717) is 0 Å². The van der Waals surface area contributed by atoms with E-state index in [1.165, 1.54) is 0 Å². The highest BCUT2D eigenvalue weighted by Crippen LogP contribution is 2.44. The van der Waals surface area contributed by atoms with Gasteiger partial charge in [-0.05, 0) is 24.7 Å². The second-order valence-corrected chi connectivity index (χ2v) is 4.37. The van der Waals surface area contributed by atoms with Crippen LogP contribution in [0.2, 0.25) is 0 Å². The van der Waals surface area contributed by atoms with Gasteiger partial charge >= 0.3 is 11.9 Å². The molecule has 0 radical (unpaired) electrons. The van der Waals surface area contributed by atoms with E-state index in [1.54, 1.807) is 6.08 Å². The molecule has 4 nitrogen and oxygen atoms in total. The van der Waals surface area contributed by atoms with E-state index in [9.17, 15) is 9.59 Å². The summed E-state index contributed by atoms with van der Waals surface area (Å²) in [5.41, 5.74) is 0. The molecule has 15 heavy (non-hydrogen) atoms. The van der Waals surface area contributed by atoms with Crippen LogP contribution in [0.1, 0.15) is 19.3 Å². The number of hydrogen-bond acceptors (Lipinski definition) is 2. The van der Waals surface area contributed by atoms with Crippen molar-refractivity contribution in [1.82, 2.24) is 0 Å². The molecule has 0 bridgehead atoms. The van der Waals surface area contributed by atoms with Crippen LogP contribution < -0.4 is 0 Å². The molecule has 82 valence electrons. The molecule has 4 unspecified atom stereocenters. The third-order valence-electron chi connectivity index (χ3n) is 3.61. The summed E-state index contributed by atoms with van der Waals surface area (Å²) in [4.78, 5) is 22.1. The van der Waals surface area contributed by atoms with E-state index < -0.39 is 23.8 Å². The lowest BCUT2D eigenvalue weighted by atomic mass is 9.72. The largest absolute Gasteiger partial charge is 0.481 e. The summed E-state index contributed by atoms with van der Waals surface area (Å²) in [6.45, 7) is 0. The van der Waals surface area contributed by atoms with Gasteiger partial charge in [-0.1, -0.05) is 18.6 Å². The zero-order valence-corrected chi connectivity index (χ0v) is 8.30. The molecule has 4 heteroatoms. The van der Waals surface area contributed by atoms with Gasteiger partial charge in [-0.25, -0.2) is 0 Å². The van der Waals surface area contributed by atoms with Crippen molar-refractivity contribution in [1.29, 1.82) is 0 Å². The number of hydrogen-bond donors (Lipinski definition) is 2. The maximum atomic E-state index is 11.1. The molecule has 0 spiro atoms. The molecule has 0 aliphatic heterocycles. The Morgan fingerprint density at radius 3 is 2.40 bits per heavy atom. The molecule has 4 atom stereocenters. The molecule has 0 aromatic rings. The molecule has 0 heterocycles. The van der Waals surface area contributed by atoms with E-state index >= 15 is 0 Å². The zero-order chi connectivity index (χ0) is 11.0. The van der Waals surface area contributed by atoms with Crippen LogP contribution in [0.15, 0.2) is 12.2 Å². The van der Waals surface area contributed by atoms with Gasteiger partial charge in [-0.15, -0.1) is 0 Å². The second kappa shape index (κ2) is 3.68. The van der Waals surface area contributed by atoms with Crippen molar-refractivity contribution in [3.05, 3.63) is 12.2 Å². The topological polar surface area (TPSA) is 74.6 Å². The van der Waals surface area contributed by atoms with Gasteiger partial charge in [-0.3, -0.25) is 9.59 Å². The van der Waals surface area contributed by atoms with Crippen LogP contribution in [0.5, 0.6) is 0 Å². The highest BCUT2D eigenvalue weighted by atomic mass is 16.4. The Morgan fingerprint density at radius 1 is 1.07 bits per heavy atom. The Morgan fingerprint density at radius 2 is 1.80 bits per heavy atom. The average molecular weight is 210 g/mol. The van der Waals surface area contributed by atoms with Crippen molar-refractivity contribution in [3.8, 4) is 0 Å². The Labute approximate surface area is 87.6 Å². The predicted molar refractivity (Wildman–Crippen MR) is 52.2 cm³/mol. The van der Waals surface area contributed by atoms with Gasteiger partial charge in [0.1, 0.15) is 0 Å². The maximum absolute atomic E-state index is 11.1. The number of aliphatic carboxylic acids is 2. The standard InChI is InChI=1S/C11H14O4/c12-10(13)8-5-4-6-2-1-3-7(6)9(8)11(14)15/h4-9H,1-3H2,(H,12,13)(H,14,15). The molecule has 0 saturated heterocycles. The van der Waals surface area contributed by atoms with Crippen LogP contribution in [0, 0.1) is 23.7 Å². The molecule has 2 aliphatic carbocycles. The number of carboxylic acids is 2. The third kappa shape index (κ3) is 1.64. The molecule has 2 rings (SSSR count). The Hall–Kier alpha value is -1.32. The van der Waals surface area contributed by atoms with Gasteiger partial charge in [0.25, 0.3) is 0 Å². The molecule has 0 aromatic carbocycles. The first-order chi connectivity index (χ1) is 7.11. The minimum Gasteiger partial charge on any atom is -0.481 e. The quantitative estimate of drug-likeness (QED) is 0.675. The number of allylic oxidation sites excluding steroid dienone is 1. The molecule has 0 amide bonds. The molecule has 0 aromatic heterocycles. The summed E-state index contributed by atoms with van der Waals surface area (Å²) in [5, 5.41) is 18.1. The number of fused-ring (bicyclic) bond motifs is 1. The average Bonchev–Trinajstić information content (AvgIpc) is 2.62. The Kier molecular flexibility index (Phi) is 2.50. The van der Waals surface area contributed by atoms with Gasteiger partial charge in [0, 0.05) is 0 Å². The van der Waals surface area contributed by atoms with Crippen molar-refractivity contribution in [3.63, 3.8) is 0 Å². The lowest BCUT2D eigenvalue weighted by Gasteiger charge is -2.31. The smallest absolute Gasteiger partial charge is 0.311 e. The van der Waals surface area contributed by atoms with Gasteiger partial charge in [0.2, 0.25) is 0 Å². The lowest BCUT2D eigenvalue weighted by molar-refractivity contribution is -0.155. The summed E-state index contributed by atoms with van der Waals surface area (Å²) in [6, 6.07) is 0. The van der Waals surface area contributed by atoms with Gasteiger partial charge in [0.05, 0.1) is 11.8 Å². The van der Waals surface area contributed by atoms with E-state index in [2.05, 4.69) is 0 Å². The summed E-state index contributed by atoms with van der Waals surface area (Å²) < 4.78 is 0. The van der Waals surface area contributed by atoms with Crippen LogP contribution in [0.4, 0.5) is 0 Å². The molecular formula is C11H14O4. The fraction of sp³-hybridized carbons (Fsp3) is 0.636. The second-order valence-electron chi connectivity index (χ2n) is 4.37. The van der Waals surface area contributed by atoms with Crippen molar-refractivity contribution >= 4 is 11.9 Å². The van der Waals surface area contributed by atoms with Crippen LogP contribution in [0.3, 0.4) is 0 Å². The maximum Gasteiger partial charge on any atom is 0.311 e. The minimum atomic E-state index is -1.02. The Bertz CT molecular complexity index is 321. The lowest BCUT2D eigenvalue weighted by Crippen LogP contribution is -2.38. The van der Waals surface area contributed by atoms with Crippen LogP contribution in [-0.4, -0.2) is 22.2 Å². The first-order valence-electron chi connectivity index (χ1n) is 5.25. The molecule has 2 aliphatic rings. The highest BCUT2D eigenvalue weighted by Gasteiger charge is 2.45. The summed E-state index contributed by atoms with van der Waals surface area (Å²) in [5.74, 6) is -3.27. The van der Waals surface area contributed by atoms with E-state index in [-0.39, 0.29) is 11.8 Å². The van der Waals surface area contributed by atoms with E-state index in [4.69, 9.17) is 10.2 Å². The monoisotopic (exact) mass is 210 g/mol. The first-order valence-corrected chi connectivity index (χ1v) is 5.25. The SMILES string of the molecule is O=C(O)C1C=CC2CCCC2C1C(=O)O. The number of carboxylic acid groups (broad SMARTS) is 2. The first kappa shape index (κ1) is 10.2. The number of carbonyl (C=O) groups is 2. The van der Waals surface area contributed by atoms with Crippen molar-refractivity contribution in [2.75, 3.05) is 0 Å². The van der Waals surface area contributed by atoms with Crippen LogP contribution in [0.25, 0.3) is 0 Å². The highest BCUT2D eigenvalue weighted by molar-refractivity contribution is 5.82. The van der Waals surface area contributed by atoms with Gasteiger partial charge in [-0.2, -0.15) is 0 Å². The Balaban J connectivity index is 2.30. The molecular weight excluding hydrogens is 196 g/mol. The molecule has 2 N–H and O–H groups in total. The van der Waals surface area contributed by atoms with E-state index in [0.717, 1.165) is 19.3 Å². The fourth-order valence-electron chi connectivity index (χ4n) is 2.92. The van der Waals surface area contributed by atoms with Crippen LogP contribution in [-0.2, 0) is 9.59 Å². The van der Waals surface area contributed by atoms with Crippen molar-refractivity contribution < 1.29 is 19.8 Å². The van der Waals surface area contributed by atoms with Crippen LogP contribution >= 0.6 is 0 Å². The predicted octanol–water partition coefficient (Wildman–Crippen LogP) is 1.37.